The van der Waals surface area contributed by atoms with Gasteiger partial charge in [0.15, 0.2) is 9.84 Å². The van der Waals surface area contributed by atoms with E-state index in [4.69, 9.17) is 0 Å². The Morgan fingerprint density at radius 3 is 2.23 bits per heavy atom. The van der Waals surface area contributed by atoms with Crippen molar-refractivity contribution in [3.63, 3.8) is 0 Å². The SMILES string of the molecule is CC1(C)CCC[C@]2(C)[C@H]3CS(=O)(=O)C4C=C(C(=O)O)C=C(C(=O)O)C4[C@]3(C)CC[C@@H]12. The molecule has 2 N–H and O–H groups in total. The molecule has 4 rings (SSSR count). The molecule has 1 heterocycles. The standard InChI is InChI=1S/C23H32O6S/c1-21(2)7-5-8-22(3)16(21)6-9-23(4)17(22)12-30(28,29)15-11-13(19(24)25)10-14(18(15)23)20(26)27/h10-11,15-18H,5-9,12H2,1-4H3,(H,24,25)(H,26,27)/t15?,16-,17+,18?,22-,23+/m0/s1. The molecule has 0 amide bonds. The molecule has 1 saturated heterocycles. The second-order valence-corrected chi connectivity index (χ2v) is 13.3. The quantitative estimate of drug-likeness (QED) is 0.683. The third-order valence-electron chi connectivity index (χ3n) is 9.18. The Morgan fingerprint density at radius 2 is 1.63 bits per heavy atom. The molecule has 1 aliphatic heterocycles. The van der Waals surface area contributed by atoms with E-state index < -0.39 is 38.4 Å². The maximum absolute atomic E-state index is 13.5. The van der Waals surface area contributed by atoms with Gasteiger partial charge in [0.25, 0.3) is 0 Å². The van der Waals surface area contributed by atoms with Gasteiger partial charge in [0.2, 0.25) is 0 Å². The third-order valence-corrected chi connectivity index (χ3v) is 11.2. The van der Waals surface area contributed by atoms with E-state index in [0.29, 0.717) is 5.92 Å². The number of carbonyl (C=O) groups is 2. The number of carboxylic acid groups (broad SMARTS) is 2. The molecule has 0 aromatic rings. The van der Waals surface area contributed by atoms with Crippen LogP contribution in [0, 0.1) is 34.0 Å². The maximum Gasteiger partial charge on any atom is 0.335 e. The van der Waals surface area contributed by atoms with E-state index in [1.807, 2.05) is 0 Å². The second-order valence-electron chi connectivity index (χ2n) is 11.1. The minimum Gasteiger partial charge on any atom is -0.478 e. The minimum atomic E-state index is -3.69. The number of hydrogen-bond donors (Lipinski definition) is 2. The van der Waals surface area contributed by atoms with Gasteiger partial charge in [0, 0.05) is 11.5 Å². The van der Waals surface area contributed by atoms with Gasteiger partial charge in [-0.3, -0.25) is 0 Å². The zero-order chi connectivity index (χ0) is 22.3. The normalized spacial score (nSPS) is 43.9. The number of aliphatic carboxylic acids is 2. The van der Waals surface area contributed by atoms with Crippen LogP contribution in [0.1, 0.15) is 59.8 Å². The number of sulfone groups is 1. The average Bonchev–Trinajstić information content (AvgIpc) is 2.62. The summed E-state index contributed by atoms with van der Waals surface area (Å²) >= 11 is 0. The molecule has 6 atom stereocenters. The first kappa shape index (κ1) is 21.6. The van der Waals surface area contributed by atoms with Crippen LogP contribution in [0.4, 0.5) is 0 Å². The van der Waals surface area contributed by atoms with Gasteiger partial charge in [-0.25, -0.2) is 18.0 Å². The lowest BCUT2D eigenvalue weighted by Gasteiger charge is -2.66. The van der Waals surface area contributed by atoms with Gasteiger partial charge in [0.1, 0.15) is 0 Å². The first-order chi connectivity index (χ1) is 13.7. The first-order valence-electron chi connectivity index (χ1n) is 10.9. The van der Waals surface area contributed by atoms with Gasteiger partial charge in [-0.05, 0) is 59.8 Å². The molecule has 3 aliphatic carbocycles. The van der Waals surface area contributed by atoms with Gasteiger partial charge in [-0.15, -0.1) is 0 Å². The van der Waals surface area contributed by atoms with E-state index in [2.05, 4.69) is 27.7 Å². The zero-order valence-corrected chi connectivity index (χ0v) is 19.0. The molecule has 30 heavy (non-hydrogen) atoms. The Hall–Kier alpha value is -1.63. The fraction of sp³-hybridized carbons (Fsp3) is 0.739. The summed E-state index contributed by atoms with van der Waals surface area (Å²) in [6.45, 7) is 8.84. The van der Waals surface area contributed by atoms with Crippen LogP contribution in [-0.2, 0) is 19.4 Å². The molecule has 2 unspecified atom stereocenters. The lowest BCUT2D eigenvalue weighted by Crippen LogP contribution is -2.64. The summed E-state index contributed by atoms with van der Waals surface area (Å²) in [5, 5.41) is 18.3. The highest BCUT2D eigenvalue weighted by Crippen LogP contribution is 2.69. The molecule has 6 nitrogen and oxygen atoms in total. The molecule has 0 spiro atoms. The highest BCUT2D eigenvalue weighted by molar-refractivity contribution is 7.92. The van der Waals surface area contributed by atoms with Crippen LogP contribution in [0.2, 0.25) is 0 Å². The molecule has 0 aromatic heterocycles. The molecule has 3 fully saturated rings. The summed E-state index contributed by atoms with van der Waals surface area (Å²) in [5.74, 6) is -2.97. The zero-order valence-electron chi connectivity index (χ0n) is 18.1. The highest BCUT2D eigenvalue weighted by atomic mass is 32.2. The van der Waals surface area contributed by atoms with Crippen LogP contribution < -0.4 is 0 Å². The van der Waals surface area contributed by atoms with Crippen LogP contribution in [0.15, 0.2) is 23.3 Å². The van der Waals surface area contributed by atoms with E-state index in [-0.39, 0.29) is 33.6 Å². The molecular formula is C23H32O6S. The van der Waals surface area contributed by atoms with Crippen LogP contribution in [-0.4, -0.2) is 41.6 Å². The smallest absolute Gasteiger partial charge is 0.335 e. The van der Waals surface area contributed by atoms with Gasteiger partial charge >= 0.3 is 11.9 Å². The Bertz CT molecular complexity index is 974. The van der Waals surface area contributed by atoms with Crippen molar-refractivity contribution in [1.82, 2.24) is 0 Å². The summed E-state index contributed by atoms with van der Waals surface area (Å²) in [5.41, 5.74) is -0.846. The molecule has 0 radical (unpaired) electrons. The van der Waals surface area contributed by atoms with Crippen molar-refractivity contribution in [2.24, 2.45) is 34.0 Å². The van der Waals surface area contributed by atoms with Crippen LogP contribution >= 0.6 is 0 Å². The van der Waals surface area contributed by atoms with E-state index in [9.17, 15) is 28.2 Å². The summed E-state index contributed by atoms with van der Waals surface area (Å²) in [6.07, 6.45) is 7.31. The lowest BCUT2D eigenvalue weighted by atomic mass is 9.41. The summed E-state index contributed by atoms with van der Waals surface area (Å²) in [4.78, 5) is 23.8. The molecule has 7 heteroatoms. The van der Waals surface area contributed by atoms with Crippen molar-refractivity contribution in [3.8, 4) is 0 Å². The number of hydrogen-bond acceptors (Lipinski definition) is 4. The van der Waals surface area contributed by atoms with Crippen LogP contribution in [0.25, 0.3) is 0 Å². The highest BCUT2D eigenvalue weighted by Gasteiger charge is 2.66. The summed E-state index contributed by atoms with van der Waals surface area (Å²) in [6, 6.07) is 0. The Kier molecular flexibility index (Phi) is 4.63. The molecule has 166 valence electrons. The first-order valence-corrected chi connectivity index (χ1v) is 12.6. The fourth-order valence-electron chi connectivity index (χ4n) is 7.91. The number of carboxylic acids is 2. The van der Waals surface area contributed by atoms with Crippen LogP contribution in [0.3, 0.4) is 0 Å². The summed E-state index contributed by atoms with van der Waals surface area (Å²) < 4.78 is 26.9. The molecule has 0 bridgehead atoms. The fourth-order valence-corrected chi connectivity index (χ4v) is 10.6. The number of fused-ring (bicyclic) bond motifs is 5. The van der Waals surface area contributed by atoms with Crippen molar-refractivity contribution in [3.05, 3.63) is 23.3 Å². The molecule has 0 aromatic carbocycles. The van der Waals surface area contributed by atoms with Crippen molar-refractivity contribution in [2.75, 3.05) is 5.75 Å². The minimum absolute atomic E-state index is 0.00401. The van der Waals surface area contributed by atoms with Gasteiger partial charge < -0.3 is 10.2 Å². The van der Waals surface area contributed by atoms with Crippen molar-refractivity contribution in [2.45, 2.75) is 65.0 Å². The van der Waals surface area contributed by atoms with E-state index in [1.165, 1.54) is 12.2 Å². The largest absolute Gasteiger partial charge is 0.478 e. The molecular weight excluding hydrogens is 404 g/mol. The van der Waals surface area contributed by atoms with Crippen molar-refractivity contribution < 1.29 is 28.2 Å². The Balaban J connectivity index is 1.89. The Labute approximate surface area is 178 Å². The maximum atomic E-state index is 13.5. The van der Waals surface area contributed by atoms with Gasteiger partial charge in [-0.2, -0.15) is 0 Å². The van der Waals surface area contributed by atoms with Gasteiger partial charge in [-0.1, -0.05) is 40.2 Å². The summed E-state index contributed by atoms with van der Waals surface area (Å²) in [7, 11) is -3.69. The monoisotopic (exact) mass is 436 g/mol. The Morgan fingerprint density at radius 1 is 0.967 bits per heavy atom. The lowest BCUT2D eigenvalue weighted by molar-refractivity contribution is -0.145. The second kappa shape index (κ2) is 6.44. The van der Waals surface area contributed by atoms with E-state index in [0.717, 1.165) is 32.1 Å². The van der Waals surface area contributed by atoms with Crippen LogP contribution in [0.5, 0.6) is 0 Å². The topological polar surface area (TPSA) is 109 Å². The van der Waals surface area contributed by atoms with Crippen molar-refractivity contribution >= 4 is 21.8 Å². The van der Waals surface area contributed by atoms with Gasteiger partial charge in [0.05, 0.1) is 16.6 Å². The predicted molar refractivity (Wildman–Crippen MR) is 113 cm³/mol. The number of rotatable bonds is 2. The van der Waals surface area contributed by atoms with Crippen molar-refractivity contribution in [1.29, 1.82) is 0 Å². The molecule has 2 saturated carbocycles. The third kappa shape index (κ3) is 2.84. The van der Waals surface area contributed by atoms with E-state index >= 15 is 0 Å². The predicted octanol–water partition coefficient (Wildman–Crippen LogP) is 3.68. The average molecular weight is 437 g/mol. The molecule has 4 aliphatic rings. The van der Waals surface area contributed by atoms with E-state index in [1.54, 1.807) is 0 Å².